The molecular weight excluding hydrogens is 396 g/mol. The average molecular weight is 424 g/mol. The van der Waals surface area contributed by atoms with E-state index in [-0.39, 0.29) is 5.97 Å². The molecule has 142 valence electrons. The van der Waals surface area contributed by atoms with E-state index >= 15 is 0 Å². The van der Waals surface area contributed by atoms with Crippen LogP contribution in [0.2, 0.25) is 0 Å². The number of carbonyl (C=O) groups excluding carboxylic acids is 1. The molecule has 1 aromatic heterocycles. The number of nitrogens with one attached hydrogen (secondary N) is 1. The fourth-order valence-electron chi connectivity index (χ4n) is 3.87. The zero-order valence-corrected chi connectivity index (χ0v) is 17.6. The first-order chi connectivity index (χ1) is 12.5. The van der Waals surface area contributed by atoms with Gasteiger partial charge in [-0.3, -0.25) is 0 Å². The maximum Gasteiger partial charge on any atom is 0.340 e. The molecule has 0 saturated carbocycles. The van der Waals surface area contributed by atoms with E-state index in [0.717, 1.165) is 52.4 Å². The predicted molar refractivity (Wildman–Crippen MR) is 106 cm³/mol. The number of aromatic nitrogens is 1. The van der Waals surface area contributed by atoms with Gasteiger partial charge in [-0.2, -0.15) is 0 Å². The number of quaternary nitrogens is 1. The molecule has 0 unspecified atom stereocenters. The van der Waals surface area contributed by atoms with Crippen LogP contribution < -0.4 is 9.64 Å². The van der Waals surface area contributed by atoms with E-state index in [1.165, 1.54) is 17.7 Å². The summed E-state index contributed by atoms with van der Waals surface area (Å²) < 4.78 is 13.9. The number of methoxy groups -OCH3 is 1. The van der Waals surface area contributed by atoms with Crippen molar-refractivity contribution in [2.45, 2.75) is 33.2 Å². The number of esters is 1. The summed E-state index contributed by atoms with van der Waals surface area (Å²) in [6, 6.07) is 3.96. The molecule has 1 aromatic carbocycles. The highest BCUT2D eigenvalue weighted by Gasteiger charge is 2.28. The molecule has 0 aliphatic carbocycles. The summed E-state index contributed by atoms with van der Waals surface area (Å²) >= 11 is 3.56. The number of hydrogen-bond donors (Lipinski definition) is 1. The van der Waals surface area contributed by atoms with Crippen molar-refractivity contribution < 1.29 is 19.2 Å². The van der Waals surface area contributed by atoms with Gasteiger partial charge in [-0.25, -0.2) is 4.79 Å². The summed E-state index contributed by atoms with van der Waals surface area (Å²) in [5, 5.41) is 0.894. The van der Waals surface area contributed by atoms with Gasteiger partial charge in [0.1, 0.15) is 12.3 Å². The van der Waals surface area contributed by atoms with E-state index in [0.29, 0.717) is 12.2 Å². The molecule has 0 atom stereocenters. The standard InChI is InChI=1S/C20H27BrN2O3/c1-5-26-20(24)19-14-10-18(25-4)15(21)11-16(14)22(3)17(19)12-23-8-6-13(2)7-9-23/h10-11,13H,5-9,12H2,1-4H3/p+1. The normalized spacial score (nSPS) is 20.3. The van der Waals surface area contributed by atoms with Crippen LogP contribution in [0.15, 0.2) is 16.6 Å². The molecule has 2 heterocycles. The Morgan fingerprint density at radius 3 is 2.65 bits per heavy atom. The SMILES string of the molecule is CCOC(=O)c1c(C[NH+]2CCC(C)CC2)n(C)c2cc(Br)c(OC)cc12. The fourth-order valence-corrected chi connectivity index (χ4v) is 4.36. The first kappa shape index (κ1) is 19.2. The molecule has 6 heteroatoms. The molecule has 0 bridgehead atoms. The van der Waals surface area contributed by atoms with E-state index in [1.54, 1.807) is 7.11 Å². The van der Waals surface area contributed by atoms with Crippen LogP contribution in [-0.2, 0) is 18.3 Å². The third-order valence-corrected chi connectivity index (χ3v) is 6.09. The number of rotatable bonds is 5. The second-order valence-electron chi connectivity index (χ2n) is 7.21. The number of halogens is 1. The van der Waals surface area contributed by atoms with Crippen LogP contribution >= 0.6 is 15.9 Å². The summed E-state index contributed by atoms with van der Waals surface area (Å²) in [6.07, 6.45) is 2.49. The Kier molecular flexibility index (Phi) is 5.92. The second-order valence-corrected chi connectivity index (χ2v) is 8.07. The molecule has 0 amide bonds. The Hall–Kier alpha value is -1.53. The lowest BCUT2D eigenvalue weighted by atomic mass is 9.99. The Morgan fingerprint density at radius 1 is 1.35 bits per heavy atom. The number of nitrogens with zero attached hydrogens (tertiary/aromatic N) is 1. The highest BCUT2D eigenvalue weighted by atomic mass is 79.9. The highest BCUT2D eigenvalue weighted by Crippen LogP contribution is 2.35. The largest absolute Gasteiger partial charge is 0.496 e. The van der Waals surface area contributed by atoms with Crippen molar-refractivity contribution in [3.63, 3.8) is 0 Å². The maximum atomic E-state index is 12.8. The van der Waals surface area contributed by atoms with E-state index in [2.05, 4.69) is 27.4 Å². The van der Waals surface area contributed by atoms with Gasteiger partial charge in [0, 0.05) is 12.4 Å². The molecule has 2 aromatic rings. The lowest BCUT2D eigenvalue weighted by Gasteiger charge is -2.27. The third-order valence-electron chi connectivity index (χ3n) is 5.47. The van der Waals surface area contributed by atoms with Crippen LogP contribution in [0.5, 0.6) is 5.75 Å². The Labute approximate surface area is 163 Å². The van der Waals surface area contributed by atoms with Crippen LogP contribution in [0.1, 0.15) is 42.7 Å². The zero-order valence-electron chi connectivity index (χ0n) is 16.0. The topological polar surface area (TPSA) is 44.9 Å². The van der Waals surface area contributed by atoms with Gasteiger partial charge < -0.3 is 18.9 Å². The molecule has 3 rings (SSSR count). The van der Waals surface area contributed by atoms with Crippen molar-refractivity contribution >= 4 is 32.8 Å². The maximum absolute atomic E-state index is 12.8. The van der Waals surface area contributed by atoms with Crippen LogP contribution in [0.3, 0.4) is 0 Å². The molecule has 1 N–H and O–H groups in total. The van der Waals surface area contributed by atoms with Crippen molar-refractivity contribution in [1.29, 1.82) is 0 Å². The van der Waals surface area contributed by atoms with Gasteiger partial charge in [0.2, 0.25) is 0 Å². The van der Waals surface area contributed by atoms with Gasteiger partial charge in [0.25, 0.3) is 0 Å². The lowest BCUT2D eigenvalue weighted by Crippen LogP contribution is -3.11. The van der Waals surface area contributed by atoms with Crippen LogP contribution in [0.4, 0.5) is 0 Å². The second kappa shape index (κ2) is 8.01. The molecule has 1 fully saturated rings. The molecule has 1 aliphatic heterocycles. The third kappa shape index (κ3) is 3.62. The lowest BCUT2D eigenvalue weighted by molar-refractivity contribution is -0.920. The van der Waals surface area contributed by atoms with Gasteiger partial charge in [0.15, 0.2) is 0 Å². The number of fused-ring (bicyclic) bond motifs is 1. The molecular formula is C20H28BrN2O3+. The summed E-state index contributed by atoms with van der Waals surface area (Å²) in [7, 11) is 3.67. The summed E-state index contributed by atoms with van der Waals surface area (Å²) in [5.74, 6) is 1.28. The number of likely N-dealkylation sites (tertiary alicyclic amines) is 1. The van der Waals surface area contributed by atoms with Crippen molar-refractivity contribution in [3.05, 3.63) is 27.9 Å². The van der Waals surface area contributed by atoms with E-state index < -0.39 is 0 Å². The van der Waals surface area contributed by atoms with E-state index in [1.807, 2.05) is 26.1 Å². The minimum Gasteiger partial charge on any atom is -0.496 e. The number of aryl methyl sites for hydroxylation is 1. The Balaban J connectivity index is 2.08. The average Bonchev–Trinajstić information content (AvgIpc) is 2.88. The van der Waals surface area contributed by atoms with Gasteiger partial charge >= 0.3 is 5.97 Å². The number of hydrogen-bond acceptors (Lipinski definition) is 3. The molecule has 0 radical (unpaired) electrons. The van der Waals surface area contributed by atoms with Crippen molar-refractivity contribution in [2.24, 2.45) is 13.0 Å². The first-order valence-corrected chi connectivity index (χ1v) is 10.1. The molecule has 26 heavy (non-hydrogen) atoms. The van der Waals surface area contributed by atoms with Gasteiger partial charge in [-0.1, -0.05) is 6.92 Å². The monoisotopic (exact) mass is 423 g/mol. The number of carbonyl (C=O) groups is 1. The van der Waals surface area contributed by atoms with Crippen molar-refractivity contribution in [1.82, 2.24) is 4.57 Å². The number of benzene rings is 1. The Morgan fingerprint density at radius 2 is 2.04 bits per heavy atom. The minimum atomic E-state index is -0.248. The summed E-state index contributed by atoms with van der Waals surface area (Å²) in [6.45, 7) is 7.68. The van der Waals surface area contributed by atoms with Crippen LogP contribution in [-0.4, -0.2) is 37.3 Å². The predicted octanol–water partition coefficient (Wildman–Crippen LogP) is 2.94. The van der Waals surface area contributed by atoms with E-state index in [9.17, 15) is 4.79 Å². The number of piperidine rings is 1. The smallest absolute Gasteiger partial charge is 0.340 e. The summed E-state index contributed by atoms with van der Waals surface area (Å²) in [4.78, 5) is 14.3. The fraction of sp³-hybridized carbons (Fsp3) is 0.550. The van der Waals surface area contributed by atoms with Crippen LogP contribution in [0, 0.1) is 5.92 Å². The summed E-state index contributed by atoms with van der Waals surface area (Å²) in [5.41, 5.74) is 2.74. The minimum absolute atomic E-state index is 0.248. The van der Waals surface area contributed by atoms with Crippen LogP contribution in [0.25, 0.3) is 10.9 Å². The first-order valence-electron chi connectivity index (χ1n) is 9.31. The van der Waals surface area contributed by atoms with Gasteiger partial charge in [-0.05, 0) is 53.7 Å². The van der Waals surface area contributed by atoms with Gasteiger partial charge in [0.05, 0.1) is 48.1 Å². The van der Waals surface area contributed by atoms with Crippen molar-refractivity contribution in [2.75, 3.05) is 26.8 Å². The van der Waals surface area contributed by atoms with Crippen molar-refractivity contribution in [3.8, 4) is 5.75 Å². The van der Waals surface area contributed by atoms with Gasteiger partial charge in [-0.15, -0.1) is 0 Å². The molecule has 0 spiro atoms. The molecule has 1 saturated heterocycles. The molecule has 5 nitrogen and oxygen atoms in total. The zero-order chi connectivity index (χ0) is 18.8. The quantitative estimate of drug-likeness (QED) is 0.751. The van der Waals surface area contributed by atoms with E-state index in [4.69, 9.17) is 9.47 Å². The Bertz CT molecular complexity index is 807. The highest BCUT2D eigenvalue weighted by molar-refractivity contribution is 9.10. The number of ether oxygens (including phenoxy) is 2. The molecule has 1 aliphatic rings.